The number of phenols is 1. The van der Waals surface area contributed by atoms with Crippen LogP contribution in [0, 0.1) is 5.82 Å². The van der Waals surface area contributed by atoms with Gasteiger partial charge in [-0.05, 0) is 54.7 Å². The van der Waals surface area contributed by atoms with E-state index in [1.54, 1.807) is 12.3 Å². The van der Waals surface area contributed by atoms with Crippen molar-refractivity contribution in [3.05, 3.63) is 71.7 Å². The fraction of sp³-hybridized carbons (Fsp3) is 0.182. The molecule has 4 aromatic rings. The number of phenolic OH excluding ortho intramolecular Hbond substituents is 1. The van der Waals surface area contributed by atoms with Gasteiger partial charge in [-0.15, -0.1) is 0 Å². The minimum atomic E-state index is -0.664. The number of halogens is 1. The fourth-order valence-electron chi connectivity index (χ4n) is 4.14. The molecule has 2 aromatic carbocycles. The highest BCUT2D eigenvalue weighted by atomic mass is 19.1. The number of nitrogens with two attached hydrogens (primary N) is 1. The quantitative estimate of drug-likeness (QED) is 0.550. The van der Waals surface area contributed by atoms with Crippen LogP contribution in [0.2, 0.25) is 0 Å². The lowest BCUT2D eigenvalue weighted by molar-refractivity contribution is 0.417. The van der Waals surface area contributed by atoms with Gasteiger partial charge in [0.1, 0.15) is 11.5 Å². The van der Waals surface area contributed by atoms with Crippen LogP contribution in [0.25, 0.3) is 22.2 Å². The van der Waals surface area contributed by atoms with E-state index in [2.05, 4.69) is 29.2 Å². The number of pyridine rings is 1. The second-order valence-electron chi connectivity index (χ2n) is 7.22. The number of benzene rings is 2. The number of nitrogen functional groups attached to an aromatic ring is 1. The molecule has 0 aliphatic heterocycles. The third-order valence-corrected chi connectivity index (χ3v) is 5.54. The highest BCUT2D eigenvalue weighted by Crippen LogP contribution is 2.37. The Bertz CT molecular complexity index is 1200. The molecule has 2 aromatic heterocycles. The molecule has 1 aliphatic carbocycles. The van der Waals surface area contributed by atoms with Gasteiger partial charge in [-0.1, -0.05) is 24.3 Å². The Labute approximate surface area is 161 Å². The highest BCUT2D eigenvalue weighted by molar-refractivity contribution is 6.00. The minimum absolute atomic E-state index is 0.196. The number of aromatic nitrogens is 3. The molecule has 1 aliphatic rings. The molecule has 5 nitrogen and oxygen atoms in total. The van der Waals surface area contributed by atoms with E-state index < -0.39 is 11.6 Å². The van der Waals surface area contributed by atoms with Crippen molar-refractivity contribution < 1.29 is 9.50 Å². The van der Waals surface area contributed by atoms with Gasteiger partial charge in [0.25, 0.3) is 0 Å². The topological polar surface area (TPSA) is 77.0 Å². The molecule has 0 fully saturated rings. The van der Waals surface area contributed by atoms with E-state index in [0.717, 1.165) is 30.2 Å². The van der Waals surface area contributed by atoms with Crippen molar-refractivity contribution in [3.63, 3.8) is 0 Å². The van der Waals surface area contributed by atoms with Gasteiger partial charge >= 0.3 is 0 Å². The summed E-state index contributed by atoms with van der Waals surface area (Å²) in [7, 11) is 0. The molecule has 28 heavy (non-hydrogen) atoms. The predicted molar refractivity (Wildman–Crippen MR) is 107 cm³/mol. The van der Waals surface area contributed by atoms with Gasteiger partial charge in [-0.2, -0.15) is 5.10 Å². The Hall–Kier alpha value is -3.41. The second kappa shape index (κ2) is 6.34. The van der Waals surface area contributed by atoms with E-state index in [9.17, 15) is 9.50 Å². The Kier molecular flexibility index (Phi) is 3.79. The molecular weight excluding hydrogens is 355 g/mol. The molecule has 6 heteroatoms. The molecule has 2 heterocycles. The monoisotopic (exact) mass is 374 g/mol. The maximum Gasteiger partial charge on any atom is 0.164 e. The molecule has 0 radical (unpaired) electrons. The number of hydrogen-bond acceptors (Lipinski definition) is 4. The number of anilines is 1. The zero-order valence-electron chi connectivity index (χ0n) is 15.1. The first-order chi connectivity index (χ1) is 13.6. The van der Waals surface area contributed by atoms with Crippen molar-refractivity contribution >= 4 is 16.7 Å². The Balaban J connectivity index is 1.67. The zero-order valence-corrected chi connectivity index (χ0v) is 15.1. The van der Waals surface area contributed by atoms with Crippen LogP contribution in [-0.2, 0) is 12.8 Å². The molecule has 0 amide bonds. The molecule has 0 bridgehead atoms. The van der Waals surface area contributed by atoms with Crippen molar-refractivity contribution in [2.75, 3.05) is 5.73 Å². The van der Waals surface area contributed by atoms with E-state index in [4.69, 9.17) is 10.8 Å². The molecule has 0 saturated heterocycles. The second-order valence-corrected chi connectivity index (χ2v) is 7.22. The smallest absolute Gasteiger partial charge is 0.164 e. The Morgan fingerprint density at radius 1 is 1.11 bits per heavy atom. The van der Waals surface area contributed by atoms with Crippen molar-refractivity contribution in [2.45, 2.75) is 25.3 Å². The molecule has 3 N–H and O–H groups in total. The normalized spacial score (nSPS) is 16.2. The van der Waals surface area contributed by atoms with Crippen LogP contribution in [0.3, 0.4) is 0 Å². The number of aryl methyl sites for hydroxylation is 1. The lowest BCUT2D eigenvalue weighted by Crippen LogP contribution is -2.19. The predicted octanol–water partition coefficient (Wildman–Crippen LogP) is 4.26. The van der Waals surface area contributed by atoms with Gasteiger partial charge in [0.05, 0.1) is 16.9 Å². The third-order valence-electron chi connectivity index (χ3n) is 5.54. The summed E-state index contributed by atoms with van der Waals surface area (Å²) in [4.78, 5) is 4.22. The van der Waals surface area contributed by atoms with Gasteiger partial charge < -0.3 is 10.8 Å². The van der Waals surface area contributed by atoms with Gasteiger partial charge in [0.2, 0.25) is 0 Å². The molecule has 0 spiro atoms. The summed E-state index contributed by atoms with van der Waals surface area (Å²) >= 11 is 0. The van der Waals surface area contributed by atoms with Crippen LogP contribution in [-0.4, -0.2) is 19.9 Å². The average molecular weight is 374 g/mol. The third kappa shape index (κ3) is 2.60. The van der Waals surface area contributed by atoms with E-state index >= 15 is 0 Å². The number of fused-ring (bicyclic) bond motifs is 2. The van der Waals surface area contributed by atoms with Crippen LogP contribution in [0.1, 0.15) is 23.6 Å². The lowest BCUT2D eigenvalue weighted by atomic mass is 9.88. The first-order valence-corrected chi connectivity index (χ1v) is 9.30. The van der Waals surface area contributed by atoms with Crippen LogP contribution in [0.15, 0.2) is 54.7 Å². The van der Waals surface area contributed by atoms with Crippen molar-refractivity contribution in [3.8, 4) is 17.0 Å². The molecule has 140 valence electrons. The van der Waals surface area contributed by atoms with Crippen LogP contribution in [0.4, 0.5) is 10.2 Å². The van der Waals surface area contributed by atoms with Crippen molar-refractivity contribution in [1.82, 2.24) is 14.8 Å². The number of aromatic hydroxyl groups is 1. The van der Waals surface area contributed by atoms with E-state index in [1.165, 1.54) is 23.3 Å². The van der Waals surface area contributed by atoms with Gasteiger partial charge in [-0.25, -0.2) is 9.37 Å². The van der Waals surface area contributed by atoms with Gasteiger partial charge in [0, 0.05) is 11.8 Å². The summed E-state index contributed by atoms with van der Waals surface area (Å²) in [6.45, 7) is 0. The van der Waals surface area contributed by atoms with Gasteiger partial charge in [-0.3, -0.25) is 4.68 Å². The van der Waals surface area contributed by atoms with E-state index in [1.807, 2.05) is 10.7 Å². The molecular formula is C22H19FN4O. The molecule has 5 rings (SSSR count). The summed E-state index contributed by atoms with van der Waals surface area (Å²) < 4.78 is 15.5. The van der Waals surface area contributed by atoms with Gasteiger partial charge in [0.15, 0.2) is 11.6 Å². The SMILES string of the molecule is Nc1nccc2c1c(-c1ccc(F)c(O)c1)nn2C1CCc2ccccc2C1. The first-order valence-electron chi connectivity index (χ1n) is 9.30. The van der Waals surface area contributed by atoms with E-state index in [0.29, 0.717) is 17.1 Å². The summed E-state index contributed by atoms with van der Waals surface area (Å²) in [6, 6.07) is 14.8. The van der Waals surface area contributed by atoms with Crippen LogP contribution >= 0.6 is 0 Å². The maximum atomic E-state index is 13.5. The largest absolute Gasteiger partial charge is 0.505 e. The molecule has 1 atom stereocenters. The standard InChI is InChI=1S/C22H19FN4O/c23-17-8-6-15(12-19(17)28)21-20-18(9-10-25-22(20)24)27(26-21)16-7-5-13-3-1-2-4-14(13)11-16/h1-4,6,8-10,12,16,28H,5,7,11H2,(H2,24,25). The van der Waals surface area contributed by atoms with Crippen LogP contribution in [0.5, 0.6) is 5.75 Å². The minimum Gasteiger partial charge on any atom is -0.505 e. The number of nitrogens with zero attached hydrogens (tertiary/aromatic N) is 3. The van der Waals surface area contributed by atoms with Crippen molar-refractivity contribution in [2.24, 2.45) is 0 Å². The number of rotatable bonds is 2. The zero-order chi connectivity index (χ0) is 19.3. The lowest BCUT2D eigenvalue weighted by Gasteiger charge is -2.25. The fourth-order valence-corrected chi connectivity index (χ4v) is 4.14. The Morgan fingerprint density at radius 3 is 2.75 bits per heavy atom. The summed E-state index contributed by atoms with van der Waals surface area (Å²) in [5.41, 5.74) is 11.0. The summed E-state index contributed by atoms with van der Waals surface area (Å²) in [5.74, 6) is -0.699. The Morgan fingerprint density at radius 2 is 1.93 bits per heavy atom. The number of hydrogen-bond donors (Lipinski definition) is 2. The maximum absolute atomic E-state index is 13.5. The summed E-state index contributed by atoms with van der Waals surface area (Å²) in [6.07, 6.45) is 4.54. The van der Waals surface area contributed by atoms with E-state index in [-0.39, 0.29) is 6.04 Å². The summed E-state index contributed by atoms with van der Waals surface area (Å²) in [5, 5.41) is 15.4. The average Bonchev–Trinajstić information content (AvgIpc) is 3.11. The molecule has 1 unspecified atom stereocenters. The molecule has 0 saturated carbocycles. The van der Waals surface area contributed by atoms with Crippen molar-refractivity contribution in [1.29, 1.82) is 0 Å². The highest BCUT2D eigenvalue weighted by Gasteiger charge is 2.25. The van der Waals surface area contributed by atoms with Crippen LogP contribution < -0.4 is 5.73 Å². The first kappa shape index (κ1) is 16.7.